The molecule has 1 aromatic carbocycles. The van der Waals surface area contributed by atoms with Crippen molar-refractivity contribution < 1.29 is 23.8 Å². The van der Waals surface area contributed by atoms with Gasteiger partial charge in [0.2, 0.25) is 5.78 Å². The maximum atomic E-state index is 11.9. The summed E-state index contributed by atoms with van der Waals surface area (Å²) in [7, 11) is 0. The van der Waals surface area contributed by atoms with Crippen LogP contribution in [-0.4, -0.2) is 31.6 Å². The number of benzene rings is 1. The molecule has 0 N–H and O–H groups in total. The van der Waals surface area contributed by atoms with Gasteiger partial charge in [-0.25, -0.2) is 4.79 Å². The number of carbonyl (C=O) groups excluding carboxylic acids is 2. The van der Waals surface area contributed by atoms with Gasteiger partial charge in [0.1, 0.15) is 13.2 Å². The molecule has 0 spiro atoms. The molecule has 2 heterocycles. The number of carbonyl (C=O) groups is 2. The zero-order valence-electron chi connectivity index (χ0n) is 11.0. The topological polar surface area (TPSA) is 61.8 Å². The van der Waals surface area contributed by atoms with Crippen molar-refractivity contribution in [2.45, 2.75) is 0 Å². The number of thiophene rings is 1. The van der Waals surface area contributed by atoms with Crippen LogP contribution in [0.2, 0.25) is 0 Å². The Labute approximate surface area is 125 Å². The molecule has 0 fully saturated rings. The van der Waals surface area contributed by atoms with Crippen LogP contribution in [0.15, 0.2) is 35.7 Å². The van der Waals surface area contributed by atoms with Gasteiger partial charge in [0.15, 0.2) is 18.1 Å². The van der Waals surface area contributed by atoms with E-state index in [2.05, 4.69) is 0 Å². The van der Waals surface area contributed by atoms with E-state index in [0.29, 0.717) is 35.2 Å². The van der Waals surface area contributed by atoms with Gasteiger partial charge in [0, 0.05) is 0 Å². The van der Waals surface area contributed by atoms with E-state index in [9.17, 15) is 9.59 Å². The molecular weight excluding hydrogens is 292 g/mol. The van der Waals surface area contributed by atoms with Crippen LogP contribution < -0.4 is 9.47 Å². The lowest BCUT2D eigenvalue weighted by atomic mass is 10.2. The monoisotopic (exact) mass is 304 g/mol. The number of hydrogen-bond donors (Lipinski definition) is 0. The molecule has 1 aliphatic heterocycles. The standard InChI is InChI=1S/C15H12O5S/c16-11(14-2-1-7-21-14)9-20-15(17)10-3-4-12-13(8-10)19-6-5-18-12/h1-4,7-8H,5-6,9H2. The second kappa shape index (κ2) is 5.97. The van der Waals surface area contributed by atoms with Gasteiger partial charge in [-0.1, -0.05) is 6.07 Å². The van der Waals surface area contributed by atoms with Crippen LogP contribution >= 0.6 is 11.3 Å². The van der Waals surface area contributed by atoms with Gasteiger partial charge in [0.05, 0.1) is 10.4 Å². The van der Waals surface area contributed by atoms with Crippen LogP contribution in [0.25, 0.3) is 0 Å². The predicted molar refractivity (Wildman–Crippen MR) is 76.4 cm³/mol. The van der Waals surface area contributed by atoms with Gasteiger partial charge >= 0.3 is 5.97 Å². The fourth-order valence-electron chi connectivity index (χ4n) is 1.89. The third kappa shape index (κ3) is 3.05. The number of hydrogen-bond acceptors (Lipinski definition) is 6. The smallest absolute Gasteiger partial charge is 0.338 e. The molecule has 21 heavy (non-hydrogen) atoms. The highest BCUT2D eigenvalue weighted by molar-refractivity contribution is 7.12. The van der Waals surface area contributed by atoms with E-state index in [4.69, 9.17) is 14.2 Å². The minimum absolute atomic E-state index is 0.212. The van der Waals surface area contributed by atoms with E-state index in [0.717, 1.165) is 0 Å². The summed E-state index contributed by atoms with van der Waals surface area (Å²) >= 11 is 1.32. The molecule has 0 amide bonds. The summed E-state index contributed by atoms with van der Waals surface area (Å²) < 4.78 is 15.8. The Morgan fingerprint density at radius 3 is 2.71 bits per heavy atom. The van der Waals surface area contributed by atoms with Crippen molar-refractivity contribution in [1.29, 1.82) is 0 Å². The molecule has 2 aromatic rings. The average Bonchev–Trinajstić information content (AvgIpc) is 3.06. The Kier molecular flexibility index (Phi) is 3.87. The van der Waals surface area contributed by atoms with Crippen molar-refractivity contribution in [2.24, 2.45) is 0 Å². The molecule has 0 atom stereocenters. The maximum absolute atomic E-state index is 11.9. The van der Waals surface area contributed by atoms with E-state index >= 15 is 0 Å². The van der Waals surface area contributed by atoms with Crippen LogP contribution in [0.1, 0.15) is 20.0 Å². The summed E-state index contributed by atoms with van der Waals surface area (Å²) in [5.74, 6) is 0.348. The van der Waals surface area contributed by atoms with E-state index in [1.54, 1.807) is 35.7 Å². The highest BCUT2D eigenvalue weighted by Gasteiger charge is 2.17. The molecule has 1 aliphatic rings. The summed E-state index contributed by atoms with van der Waals surface area (Å²) in [6.07, 6.45) is 0. The first-order valence-electron chi connectivity index (χ1n) is 6.37. The van der Waals surface area contributed by atoms with E-state index in [-0.39, 0.29) is 12.4 Å². The molecule has 0 saturated carbocycles. The summed E-state index contributed by atoms with van der Waals surface area (Å²) in [5.41, 5.74) is 0.332. The molecule has 5 nitrogen and oxygen atoms in total. The van der Waals surface area contributed by atoms with Gasteiger partial charge < -0.3 is 14.2 Å². The Morgan fingerprint density at radius 1 is 1.14 bits per heavy atom. The number of ketones is 1. The summed E-state index contributed by atoms with van der Waals surface area (Å²) in [5, 5.41) is 1.80. The van der Waals surface area contributed by atoms with Gasteiger partial charge in [0.25, 0.3) is 0 Å². The van der Waals surface area contributed by atoms with Crippen LogP contribution in [0, 0.1) is 0 Å². The molecule has 0 saturated heterocycles. The first-order chi connectivity index (χ1) is 10.2. The van der Waals surface area contributed by atoms with Crippen LogP contribution in [0.5, 0.6) is 11.5 Å². The minimum atomic E-state index is -0.558. The molecular formula is C15H12O5S. The van der Waals surface area contributed by atoms with Gasteiger partial charge in [-0.15, -0.1) is 11.3 Å². The van der Waals surface area contributed by atoms with Crippen molar-refractivity contribution in [1.82, 2.24) is 0 Å². The fourth-order valence-corrected chi connectivity index (χ4v) is 2.54. The predicted octanol–water partition coefficient (Wildman–Crippen LogP) is 2.56. The Morgan fingerprint density at radius 2 is 1.95 bits per heavy atom. The number of ether oxygens (including phenoxy) is 3. The summed E-state index contributed by atoms with van der Waals surface area (Å²) in [6.45, 7) is 0.669. The third-order valence-corrected chi connectivity index (χ3v) is 3.82. The highest BCUT2D eigenvalue weighted by Crippen LogP contribution is 2.30. The Balaban J connectivity index is 1.64. The minimum Gasteiger partial charge on any atom is -0.486 e. The van der Waals surface area contributed by atoms with Crippen molar-refractivity contribution in [3.05, 3.63) is 46.2 Å². The molecule has 0 unspecified atom stereocenters. The zero-order chi connectivity index (χ0) is 14.7. The molecule has 0 radical (unpaired) electrons. The lowest BCUT2D eigenvalue weighted by molar-refractivity contribution is 0.0475. The molecule has 1 aromatic heterocycles. The number of Topliss-reactive ketones (excluding diaryl/α,β-unsaturated/α-hetero) is 1. The van der Waals surface area contributed by atoms with Crippen molar-refractivity contribution in [3.8, 4) is 11.5 Å². The lowest BCUT2D eigenvalue weighted by Gasteiger charge is -2.18. The zero-order valence-corrected chi connectivity index (χ0v) is 11.9. The maximum Gasteiger partial charge on any atom is 0.338 e. The normalized spacial score (nSPS) is 12.8. The third-order valence-electron chi connectivity index (χ3n) is 2.91. The van der Waals surface area contributed by atoms with Gasteiger partial charge in [-0.05, 0) is 29.6 Å². The van der Waals surface area contributed by atoms with Crippen LogP contribution in [0.4, 0.5) is 0 Å². The first-order valence-corrected chi connectivity index (χ1v) is 7.25. The molecule has 0 aliphatic carbocycles. The Bertz CT molecular complexity index is 663. The second-order valence-corrected chi connectivity index (χ2v) is 5.28. The largest absolute Gasteiger partial charge is 0.486 e. The van der Waals surface area contributed by atoms with Gasteiger partial charge in [-0.2, -0.15) is 0 Å². The van der Waals surface area contributed by atoms with Crippen molar-refractivity contribution >= 4 is 23.1 Å². The van der Waals surface area contributed by atoms with E-state index < -0.39 is 5.97 Å². The second-order valence-electron chi connectivity index (χ2n) is 4.34. The number of esters is 1. The van der Waals surface area contributed by atoms with Gasteiger partial charge in [-0.3, -0.25) is 4.79 Å². The fraction of sp³-hybridized carbons (Fsp3) is 0.200. The summed E-state index contributed by atoms with van der Waals surface area (Å²) in [6, 6.07) is 8.29. The highest BCUT2D eigenvalue weighted by atomic mass is 32.1. The lowest BCUT2D eigenvalue weighted by Crippen LogP contribution is -2.17. The number of fused-ring (bicyclic) bond motifs is 1. The average molecular weight is 304 g/mol. The molecule has 3 rings (SSSR count). The van der Waals surface area contributed by atoms with Crippen LogP contribution in [-0.2, 0) is 4.74 Å². The number of rotatable bonds is 4. The SMILES string of the molecule is O=C(OCC(=O)c1cccs1)c1ccc2c(c1)OCCO2. The first kappa shape index (κ1) is 13.6. The van der Waals surface area contributed by atoms with Crippen LogP contribution in [0.3, 0.4) is 0 Å². The van der Waals surface area contributed by atoms with E-state index in [1.807, 2.05) is 0 Å². The van der Waals surface area contributed by atoms with Crippen molar-refractivity contribution in [3.63, 3.8) is 0 Å². The molecule has 108 valence electrons. The molecule has 6 heteroatoms. The Hall–Kier alpha value is -2.34. The summed E-state index contributed by atoms with van der Waals surface area (Å²) in [4.78, 5) is 24.3. The molecule has 0 bridgehead atoms. The quantitative estimate of drug-likeness (QED) is 0.641. The van der Waals surface area contributed by atoms with E-state index in [1.165, 1.54) is 11.3 Å². The van der Waals surface area contributed by atoms with Crippen molar-refractivity contribution in [2.75, 3.05) is 19.8 Å².